The van der Waals surface area contributed by atoms with Crippen molar-refractivity contribution in [2.24, 2.45) is 5.84 Å². The molecule has 0 amide bonds. The van der Waals surface area contributed by atoms with Crippen LogP contribution in [-0.4, -0.2) is 9.97 Å². The topological polar surface area (TPSA) is 63.8 Å². The Balaban J connectivity index is 2.84. The molecule has 2 rings (SSSR count). The maximum atomic E-state index is 13.3. The summed E-state index contributed by atoms with van der Waals surface area (Å²) in [5.74, 6) is 6.13. The summed E-state index contributed by atoms with van der Waals surface area (Å²) >= 11 is 0. The number of nitrogens with one attached hydrogen (secondary N) is 1. The second kappa shape index (κ2) is 3.43. The molecule has 2 aromatic rings. The average Bonchev–Trinajstić information content (AvgIpc) is 2.19. The predicted molar refractivity (Wildman–Crippen MR) is 56.8 cm³/mol. The van der Waals surface area contributed by atoms with E-state index in [1.807, 2.05) is 0 Å². The Morgan fingerprint density at radius 1 is 1.27 bits per heavy atom. The number of fused-ring (bicyclic) bond motifs is 1. The monoisotopic (exact) mass is 206 g/mol. The third-order valence-corrected chi connectivity index (χ3v) is 2.22. The van der Waals surface area contributed by atoms with E-state index in [-0.39, 0.29) is 5.82 Å². The molecular weight excluding hydrogens is 195 g/mol. The number of benzene rings is 1. The Hall–Kier alpha value is -1.75. The lowest BCUT2D eigenvalue weighted by Gasteiger charge is -2.07. The summed E-state index contributed by atoms with van der Waals surface area (Å²) in [4.78, 5) is 8.26. The summed E-state index contributed by atoms with van der Waals surface area (Å²) in [7, 11) is 0. The van der Waals surface area contributed by atoms with Crippen LogP contribution in [0, 0.1) is 19.7 Å². The van der Waals surface area contributed by atoms with Gasteiger partial charge < -0.3 is 5.43 Å². The molecule has 1 heterocycles. The molecule has 0 fully saturated rings. The Morgan fingerprint density at radius 2 is 2.00 bits per heavy atom. The molecule has 0 aliphatic rings. The molecule has 0 unspecified atom stereocenters. The summed E-state index contributed by atoms with van der Waals surface area (Å²) in [6, 6.07) is 3.07. The van der Waals surface area contributed by atoms with Crippen LogP contribution >= 0.6 is 0 Å². The highest BCUT2D eigenvalue weighted by molar-refractivity contribution is 5.89. The van der Waals surface area contributed by atoms with E-state index in [0.29, 0.717) is 22.7 Å². The van der Waals surface area contributed by atoms with E-state index in [1.54, 1.807) is 19.9 Å². The smallest absolute Gasteiger partial charge is 0.151 e. The highest BCUT2D eigenvalue weighted by Gasteiger charge is 2.07. The number of halogens is 1. The van der Waals surface area contributed by atoms with Crippen LogP contribution < -0.4 is 11.3 Å². The SMILES string of the molecule is Cc1nc(NN)c2cc(C)c(F)cc2n1. The van der Waals surface area contributed by atoms with Crippen molar-refractivity contribution in [2.45, 2.75) is 13.8 Å². The fourth-order valence-corrected chi connectivity index (χ4v) is 1.48. The van der Waals surface area contributed by atoms with Crippen molar-refractivity contribution in [3.05, 3.63) is 29.3 Å². The number of hydrazine groups is 1. The molecule has 0 saturated heterocycles. The van der Waals surface area contributed by atoms with Gasteiger partial charge in [-0.05, 0) is 25.5 Å². The first kappa shape index (κ1) is 9.79. The van der Waals surface area contributed by atoms with E-state index in [4.69, 9.17) is 5.84 Å². The first-order valence-electron chi connectivity index (χ1n) is 4.53. The molecule has 0 spiro atoms. The molecule has 5 heteroatoms. The normalized spacial score (nSPS) is 10.7. The molecule has 0 radical (unpaired) electrons. The van der Waals surface area contributed by atoms with Gasteiger partial charge in [-0.3, -0.25) is 0 Å². The first-order valence-corrected chi connectivity index (χ1v) is 4.53. The second-order valence-corrected chi connectivity index (χ2v) is 3.38. The molecule has 78 valence electrons. The largest absolute Gasteiger partial charge is 0.308 e. The molecule has 0 saturated carbocycles. The van der Waals surface area contributed by atoms with Crippen molar-refractivity contribution in [3.8, 4) is 0 Å². The number of hydrogen-bond donors (Lipinski definition) is 2. The number of aryl methyl sites for hydroxylation is 2. The summed E-state index contributed by atoms with van der Waals surface area (Å²) in [5, 5.41) is 0.724. The van der Waals surface area contributed by atoms with Gasteiger partial charge in [-0.1, -0.05) is 0 Å². The minimum Gasteiger partial charge on any atom is -0.308 e. The van der Waals surface area contributed by atoms with Gasteiger partial charge in [-0.15, -0.1) is 0 Å². The molecule has 1 aromatic heterocycles. The van der Waals surface area contributed by atoms with Crippen molar-refractivity contribution < 1.29 is 4.39 Å². The predicted octanol–water partition coefficient (Wildman–Crippen LogP) is 1.67. The van der Waals surface area contributed by atoms with Crippen LogP contribution in [0.1, 0.15) is 11.4 Å². The first-order chi connectivity index (χ1) is 7.11. The van der Waals surface area contributed by atoms with E-state index in [1.165, 1.54) is 6.07 Å². The lowest BCUT2D eigenvalue weighted by atomic mass is 10.1. The van der Waals surface area contributed by atoms with E-state index < -0.39 is 0 Å². The van der Waals surface area contributed by atoms with Crippen LogP contribution in [-0.2, 0) is 0 Å². The Bertz CT molecular complexity index is 524. The van der Waals surface area contributed by atoms with Crippen LogP contribution in [0.15, 0.2) is 12.1 Å². The third kappa shape index (κ3) is 1.61. The molecule has 3 N–H and O–H groups in total. The number of anilines is 1. The van der Waals surface area contributed by atoms with Crippen LogP contribution in [0.2, 0.25) is 0 Å². The van der Waals surface area contributed by atoms with E-state index in [2.05, 4.69) is 15.4 Å². The maximum absolute atomic E-state index is 13.3. The summed E-state index contributed by atoms with van der Waals surface area (Å²) < 4.78 is 13.3. The van der Waals surface area contributed by atoms with Gasteiger partial charge in [0, 0.05) is 11.5 Å². The Morgan fingerprint density at radius 3 is 2.67 bits per heavy atom. The molecule has 0 bridgehead atoms. The lowest BCUT2D eigenvalue weighted by Crippen LogP contribution is -2.10. The van der Waals surface area contributed by atoms with Gasteiger partial charge in [-0.25, -0.2) is 20.2 Å². The van der Waals surface area contributed by atoms with Gasteiger partial charge >= 0.3 is 0 Å². The summed E-state index contributed by atoms with van der Waals surface area (Å²) in [6.07, 6.45) is 0. The standard InChI is InChI=1S/C10H11FN4/c1-5-3-7-9(4-8(5)11)13-6(2)14-10(7)15-12/h3-4H,12H2,1-2H3,(H,13,14,15). The Labute approximate surface area is 86.3 Å². The quantitative estimate of drug-likeness (QED) is 0.550. The highest BCUT2D eigenvalue weighted by Crippen LogP contribution is 2.22. The summed E-state index contributed by atoms with van der Waals surface area (Å²) in [5.41, 5.74) is 3.59. The van der Waals surface area contributed by atoms with Crippen LogP contribution in [0.5, 0.6) is 0 Å². The van der Waals surface area contributed by atoms with Gasteiger partial charge in [0.2, 0.25) is 0 Å². The van der Waals surface area contributed by atoms with Gasteiger partial charge in [0.15, 0.2) is 5.82 Å². The van der Waals surface area contributed by atoms with Crippen LogP contribution in [0.3, 0.4) is 0 Å². The Kier molecular flexibility index (Phi) is 2.24. The molecule has 0 aliphatic carbocycles. The zero-order valence-corrected chi connectivity index (χ0v) is 8.50. The van der Waals surface area contributed by atoms with Gasteiger partial charge in [0.1, 0.15) is 11.6 Å². The number of rotatable bonds is 1. The fraction of sp³-hybridized carbons (Fsp3) is 0.200. The number of nitrogen functional groups attached to an aromatic ring is 1. The third-order valence-electron chi connectivity index (χ3n) is 2.22. The van der Waals surface area contributed by atoms with Crippen LogP contribution in [0.25, 0.3) is 10.9 Å². The van der Waals surface area contributed by atoms with Crippen molar-refractivity contribution in [1.82, 2.24) is 9.97 Å². The molecule has 0 aliphatic heterocycles. The minimum absolute atomic E-state index is 0.274. The average molecular weight is 206 g/mol. The van der Waals surface area contributed by atoms with Crippen LogP contribution in [0.4, 0.5) is 10.2 Å². The molecule has 4 nitrogen and oxygen atoms in total. The minimum atomic E-state index is -0.274. The van der Waals surface area contributed by atoms with E-state index in [9.17, 15) is 4.39 Å². The molecular formula is C10H11FN4. The van der Waals surface area contributed by atoms with Crippen molar-refractivity contribution in [2.75, 3.05) is 5.43 Å². The van der Waals surface area contributed by atoms with Gasteiger partial charge in [0.05, 0.1) is 5.52 Å². The fourth-order valence-electron chi connectivity index (χ4n) is 1.48. The van der Waals surface area contributed by atoms with E-state index in [0.717, 1.165) is 5.39 Å². The molecule has 1 aromatic carbocycles. The number of nitrogens with zero attached hydrogens (tertiary/aromatic N) is 2. The zero-order valence-electron chi connectivity index (χ0n) is 8.50. The number of nitrogens with two attached hydrogens (primary N) is 1. The van der Waals surface area contributed by atoms with Crippen molar-refractivity contribution in [1.29, 1.82) is 0 Å². The number of aromatic nitrogens is 2. The summed E-state index contributed by atoms with van der Waals surface area (Å²) in [6.45, 7) is 3.42. The molecule has 15 heavy (non-hydrogen) atoms. The second-order valence-electron chi connectivity index (χ2n) is 3.38. The molecule has 0 atom stereocenters. The van der Waals surface area contributed by atoms with Gasteiger partial charge in [0.25, 0.3) is 0 Å². The van der Waals surface area contributed by atoms with Crippen molar-refractivity contribution in [3.63, 3.8) is 0 Å². The van der Waals surface area contributed by atoms with Crippen molar-refractivity contribution >= 4 is 16.7 Å². The number of hydrogen-bond acceptors (Lipinski definition) is 4. The lowest BCUT2D eigenvalue weighted by molar-refractivity contribution is 0.620. The zero-order chi connectivity index (χ0) is 11.0. The highest BCUT2D eigenvalue weighted by atomic mass is 19.1. The van der Waals surface area contributed by atoms with Gasteiger partial charge in [-0.2, -0.15) is 0 Å². The van der Waals surface area contributed by atoms with E-state index >= 15 is 0 Å². The maximum Gasteiger partial charge on any atom is 0.151 e.